The molecule has 0 fully saturated rings. The smallest absolute Gasteiger partial charge is 0.344 e. The van der Waals surface area contributed by atoms with Gasteiger partial charge in [0.25, 0.3) is 0 Å². The van der Waals surface area contributed by atoms with Gasteiger partial charge in [0, 0.05) is 5.41 Å². The molecule has 0 unspecified atom stereocenters. The number of ether oxygens (including phenoxy) is 2. The van der Waals surface area contributed by atoms with Gasteiger partial charge < -0.3 is 9.47 Å². The fraction of sp³-hybridized carbons (Fsp3) is 0.467. The molecular weight excluding hydrogens is 244 g/mol. The van der Waals surface area contributed by atoms with Crippen LogP contribution < -0.4 is 4.74 Å². The molecule has 1 aromatic carbocycles. The van der Waals surface area contributed by atoms with E-state index in [2.05, 4.69) is 0 Å². The SMILES string of the molecule is Cc1cccc(OCC(=O)OCC(=O)C(C)(C)C)c1. The lowest BCUT2D eigenvalue weighted by Gasteiger charge is -2.16. The molecule has 1 aromatic rings. The van der Waals surface area contributed by atoms with Crippen molar-refractivity contribution in [2.75, 3.05) is 13.2 Å². The Kier molecular flexibility index (Phi) is 5.10. The number of esters is 1. The van der Waals surface area contributed by atoms with E-state index in [4.69, 9.17) is 9.47 Å². The minimum atomic E-state index is -0.542. The fourth-order valence-electron chi connectivity index (χ4n) is 1.25. The first-order chi connectivity index (χ1) is 8.79. The van der Waals surface area contributed by atoms with E-state index >= 15 is 0 Å². The fourth-order valence-corrected chi connectivity index (χ4v) is 1.25. The summed E-state index contributed by atoms with van der Waals surface area (Å²) in [6, 6.07) is 7.38. The van der Waals surface area contributed by atoms with Gasteiger partial charge in [-0.05, 0) is 24.6 Å². The zero-order valence-corrected chi connectivity index (χ0v) is 11.9. The Morgan fingerprint density at radius 3 is 2.42 bits per heavy atom. The van der Waals surface area contributed by atoms with Crippen molar-refractivity contribution >= 4 is 11.8 Å². The third kappa shape index (κ3) is 5.55. The van der Waals surface area contributed by atoms with Crippen LogP contribution in [0.2, 0.25) is 0 Å². The van der Waals surface area contributed by atoms with Crippen molar-refractivity contribution in [2.45, 2.75) is 27.7 Å². The van der Waals surface area contributed by atoms with Gasteiger partial charge in [0.1, 0.15) is 5.75 Å². The summed E-state index contributed by atoms with van der Waals surface area (Å²) in [5, 5.41) is 0. The molecule has 0 saturated carbocycles. The van der Waals surface area contributed by atoms with Gasteiger partial charge in [-0.3, -0.25) is 4.79 Å². The van der Waals surface area contributed by atoms with Crippen LogP contribution in [0.25, 0.3) is 0 Å². The Labute approximate surface area is 113 Å². The highest BCUT2D eigenvalue weighted by molar-refractivity contribution is 5.86. The third-order valence-corrected chi connectivity index (χ3v) is 2.55. The Morgan fingerprint density at radius 1 is 1.16 bits per heavy atom. The minimum absolute atomic E-state index is 0.114. The van der Waals surface area contributed by atoms with Crippen molar-refractivity contribution in [1.82, 2.24) is 0 Å². The van der Waals surface area contributed by atoms with Crippen LogP contribution in [0.1, 0.15) is 26.3 Å². The van der Waals surface area contributed by atoms with Crippen molar-refractivity contribution in [1.29, 1.82) is 0 Å². The first kappa shape index (κ1) is 15.2. The molecule has 0 aliphatic carbocycles. The van der Waals surface area contributed by atoms with Crippen LogP contribution in [0.15, 0.2) is 24.3 Å². The molecular formula is C15H20O4. The van der Waals surface area contributed by atoms with Gasteiger partial charge in [0.15, 0.2) is 19.0 Å². The van der Waals surface area contributed by atoms with Crippen molar-refractivity contribution in [2.24, 2.45) is 5.41 Å². The summed E-state index contributed by atoms with van der Waals surface area (Å²) in [6.07, 6.45) is 0. The molecule has 104 valence electrons. The molecule has 0 bridgehead atoms. The lowest BCUT2D eigenvalue weighted by Crippen LogP contribution is -2.27. The van der Waals surface area contributed by atoms with Crippen molar-refractivity contribution in [3.8, 4) is 5.75 Å². The van der Waals surface area contributed by atoms with E-state index in [1.165, 1.54) is 0 Å². The van der Waals surface area contributed by atoms with Crippen LogP contribution in [0.3, 0.4) is 0 Å². The average molecular weight is 264 g/mol. The number of benzene rings is 1. The molecule has 0 amide bonds. The van der Waals surface area contributed by atoms with Crippen LogP contribution in [0.5, 0.6) is 5.75 Å². The summed E-state index contributed by atoms with van der Waals surface area (Å²) >= 11 is 0. The van der Waals surface area contributed by atoms with E-state index < -0.39 is 11.4 Å². The minimum Gasteiger partial charge on any atom is -0.482 e. The lowest BCUT2D eigenvalue weighted by atomic mass is 9.91. The van der Waals surface area contributed by atoms with Gasteiger partial charge in [-0.25, -0.2) is 4.79 Å². The van der Waals surface area contributed by atoms with Crippen molar-refractivity contribution < 1.29 is 19.1 Å². The lowest BCUT2D eigenvalue weighted by molar-refractivity contribution is -0.151. The second kappa shape index (κ2) is 6.36. The van der Waals surface area contributed by atoms with Crippen molar-refractivity contribution in [3.05, 3.63) is 29.8 Å². The van der Waals surface area contributed by atoms with Crippen LogP contribution in [0.4, 0.5) is 0 Å². The molecule has 0 saturated heterocycles. The van der Waals surface area contributed by atoms with Crippen LogP contribution in [-0.2, 0) is 14.3 Å². The molecule has 19 heavy (non-hydrogen) atoms. The Bertz CT molecular complexity index is 457. The van der Waals surface area contributed by atoms with Gasteiger partial charge in [-0.15, -0.1) is 0 Å². The van der Waals surface area contributed by atoms with Gasteiger partial charge >= 0.3 is 5.97 Å². The van der Waals surface area contributed by atoms with Gasteiger partial charge in [-0.1, -0.05) is 32.9 Å². The third-order valence-electron chi connectivity index (χ3n) is 2.55. The van der Waals surface area contributed by atoms with Gasteiger partial charge in [-0.2, -0.15) is 0 Å². The van der Waals surface area contributed by atoms with Crippen LogP contribution in [0, 0.1) is 12.3 Å². The van der Waals surface area contributed by atoms with Crippen LogP contribution >= 0.6 is 0 Å². The molecule has 0 aliphatic heterocycles. The van der Waals surface area contributed by atoms with E-state index in [1.807, 2.05) is 25.1 Å². The number of hydrogen-bond acceptors (Lipinski definition) is 4. The largest absolute Gasteiger partial charge is 0.482 e. The van der Waals surface area contributed by atoms with E-state index in [9.17, 15) is 9.59 Å². The second-order valence-electron chi connectivity index (χ2n) is 5.44. The topological polar surface area (TPSA) is 52.6 Å². The normalized spacial score (nSPS) is 10.9. The maximum atomic E-state index is 11.6. The first-order valence-electron chi connectivity index (χ1n) is 6.17. The molecule has 0 spiro atoms. The molecule has 0 heterocycles. The van der Waals surface area contributed by atoms with Gasteiger partial charge in [0.05, 0.1) is 0 Å². The average Bonchev–Trinajstić information content (AvgIpc) is 2.32. The second-order valence-corrected chi connectivity index (χ2v) is 5.44. The molecule has 0 radical (unpaired) electrons. The molecule has 0 aromatic heterocycles. The number of Topliss-reactive ketones (excluding diaryl/α,β-unsaturated/α-hetero) is 1. The molecule has 0 aliphatic rings. The highest BCUT2D eigenvalue weighted by atomic mass is 16.6. The predicted molar refractivity (Wildman–Crippen MR) is 72.1 cm³/mol. The van der Waals surface area contributed by atoms with Crippen molar-refractivity contribution in [3.63, 3.8) is 0 Å². The molecule has 0 N–H and O–H groups in total. The monoisotopic (exact) mass is 264 g/mol. The number of carbonyl (C=O) groups excluding carboxylic acids is 2. The number of hydrogen-bond donors (Lipinski definition) is 0. The maximum Gasteiger partial charge on any atom is 0.344 e. The number of aryl methyl sites for hydroxylation is 1. The molecule has 1 rings (SSSR count). The predicted octanol–water partition coefficient (Wildman–Crippen LogP) is 2.53. The highest BCUT2D eigenvalue weighted by Gasteiger charge is 2.22. The highest BCUT2D eigenvalue weighted by Crippen LogP contribution is 2.15. The Hall–Kier alpha value is -1.84. The molecule has 4 nitrogen and oxygen atoms in total. The molecule has 4 heteroatoms. The van der Waals surface area contributed by atoms with E-state index in [0.717, 1.165) is 5.56 Å². The first-order valence-corrected chi connectivity index (χ1v) is 6.17. The van der Waals surface area contributed by atoms with E-state index in [-0.39, 0.29) is 19.0 Å². The number of carbonyl (C=O) groups is 2. The maximum absolute atomic E-state index is 11.6. The van der Waals surface area contributed by atoms with Gasteiger partial charge in [0.2, 0.25) is 0 Å². The summed E-state index contributed by atoms with van der Waals surface area (Å²) in [4.78, 5) is 23.0. The summed E-state index contributed by atoms with van der Waals surface area (Å²) in [7, 11) is 0. The zero-order chi connectivity index (χ0) is 14.5. The van der Waals surface area contributed by atoms with Crippen LogP contribution in [-0.4, -0.2) is 25.0 Å². The number of rotatable bonds is 5. The summed E-state index contributed by atoms with van der Waals surface area (Å²) in [5.74, 6) is -0.0467. The van der Waals surface area contributed by atoms with E-state index in [1.54, 1.807) is 26.8 Å². The zero-order valence-electron chi connectivity index (χ0n) is 11.9. The Balaban J connectivity index is 2.35. The van der Waals surface area contributed by atoms with E-state index in [0.29, 0.717) is 5.75 Å². The summed E-state index contributed by atoms with van der Waals surface area (Å²) < 4.78 is 10.1. The summed E-state index contributed by atoms with van der Waals surface area (Å²) in [6.45, 7) is 6.89. The summed E-state index contributed by atoms with van der Waals surface area (Å²) in [5.41, 5.74) is 0.547. The molecule has 0 atom stereocenters. The Morgan fingerprint density at radius 2 is 1.84 bits per heavy atom. The standard InChI is InChI=1S/C15H20O4/c1-11-6-5-7-12(8-11)18-10-14(17)19-9-13(16)15(2,3)4/h5-8H,9-10H2,1-4H3. The number of ketones is 1. The quantitative estimate of drug-likeness (QED) is 0.767.